The maximum atomic E-state index is 4.01. The number of benzene rings is 5. The van der Waals surface area contributed by atoms with Crippen LogP contribution >= 0.6 is 0 Å². The van der Waals surface area contributed by atoms with Crippen molar-refractivity contribution in [1.82, 2.24) is 5.32 Å². The van der Waals surface area contributed by atoms with Crippen LogP contribution in [0.25, 0.3) is 39.0 Å². The van der Waals surface area contributed by atoms with Crippen LogP contribution in [0.1, 0.15) is 50.5 Å². The van der Waals surface area contributed by atoms with Gasteiger partial charge in [-0.1, -0.05) is 152 Å². The summed E-state index contributed by atoms with van der Waals surface area (Å²) in [4.78, 5) is 0. The SMILES string of the molecule is C1=CC(C2C=CC(NC3=CC=C(c4ccc(Nc5cc(-c6ccccc6)cc(-c6ccccc6)c5)c(-c5ccccc5)c4)CC3C3=CCCC=C3)CC2)=CCC1. The van der Waals surface area contributed by atoms with E-state index in [9.17, 15) is 0 Å². The Labute approximate surface area is 333 Å². The summed E-state index contributed by atoms with van der Waals surface area (Å²) in [7, 11) is 0. The van der Waals surface area contributed by atoms with E-state index in [4.69, 9.17) is 0 Å². The highest BCUT2D eigenvalue weighted by Crippen LogP contribution is 2.41. The number of allylic oxidation sites excluding steroid dienone is 12. The third-order valence-corrected chi connectivity index (χ3v) is 11.8. The van der Waals surface area contributed by atoms with Crippen molar-refractivity contribution in [3.63, 3.8) is 0 Å². The molecule has 0 saturated carbocycles. The predicted octanol–water partition coefficient (Wildman–Crippen LogP) is 14.2. The van der Waals surface area contributed by atoms with Crippen molar-refractivity contribution >= 4 is 16.9 Å². The summed E-state index contributed by atoms with van der Waals surface area (Å²) in [6.45, 7) is 0. The molecule has 0 radical (unpaired) electrons. The van der Waals surface area contributed by atoms with E-state index in [1.165, 1.54) is 80.6 Å². The van der Waals surface area contributed by atoms with Gasteiger partial charge >= 0.3 is 0 Å². The summed E-state index contributed by atoms with van der Waals surface area (Å²) in [6, 6.07) is 46.4. The van der Waals surface area contributed by atoms with Gasteiger partial charge in [0.1, 0.15) is 0 Å². The third kappa shape index (κ3) is 8.11. The fourth-order valence-corrected chi connectivity index (χ4v) is 8.76. The lowest BCUT2D eigenvalue weighted by Crippen LogP contribution is -2.33. The van der Waals surface area contributed by atoms with Crippen LogP contribution in [0.5, 0.6) is 0 Å². The Bertz CT molecular complexity index is 2330. The molecule has 0 aromatic heterocycles. The molecule has 276 valence electrons. The van der Waals surface area contributed by atoms with Crippen molar-refractivity contribution in [3.8, 4) is 33.4 Å². The summed E-state index contributed by atoms with van der Waals surface area (Å²) >= 11 is 0. The molecule has 4 aliphatic rings. The van der Waals surface area contributed by atoms with Crippen molar-refractivity contribution < 1.29 is 0 Å². The quantitative estimate of drug-likeness (QED) is 0.140. The first-order valence-electron chi connectivity index (χ1n) is 20.6. The van der Waals surface area contributed by atoms with Crippen LogP contribution in [0.4, 0.5) is 11.4 Å². The van der Waals surface area contributed by atoms with E-state index in [-0.39, 0.29) is 0 Å². The van der Waals surface area contributed by atoms with E-state index in [0.29, 0.717) is 17.9 Å². The molecule has 2 nitrogen and oxygen atoms in total. The zero-order valence-corrected chi connectivity index (χ0v) is 32.1. The van der Waals surface area contributed by atoms with Crippen molar-refractivity contribution in [2.75, 3.05) is 5.32 Å². The molecule has 3 unspecified atom stereocenters. The Hall–Kier alpha value is -6.12. The molecule has 2 heteroatoms. The Balaban J connectivity index is 1.04. The predicted molar refractivity (Wildman–Crippen MR) is 238 cm³/mol. The molecule has 56 heavy (non-hydrogen) atoms. The van der Waals surface area contributed by atoms with Gasteiger partial charge in [-0.3, -0.25) is 0 Å². The third-order valence-electron chi connectivity index (χ3n) is 11.8. The van der Waals surface area contributed by atoms with E-state index in [1.54, 1.807) is 0 Å². The fourth-order valence-electron chi connectivity index (χ4n) is 8.76. The maximum absolute atomic E-state index is 4.01. The second-order valence-corrected chi connectivity index (χ2v) is 15.5. The summed E-state index contributed by atoms with van der Waals surface area (Å²) < 4.78 is 0. The average Bonchev–Trinajstić information content (AvgIpc) is 3.28. The average molecular weight is 727 g/mol. The molecule has 0 aliphatic heterocycles. The molecule has 4 aliphatic carbocycles. The lowest BCUT2D eigenvalue weighted by Gasteiger charge is -2.33. The molecule has 3 atom stereocenters. The molecule has 0 spiro atoms. The summed E-state index contributed by atoms with van der Waals surface area (Å²) in [6.07, 6.45) is 31.8. The van der Waals surface area contributed by atoms with E-state index < -0.39 is 0 Å². The van der Waals surface area contributed by atoms with Gasteiger partial charge in [-0.25, -0.2) is 0 Å². The van der Waals surface area contributed by atoms with Crippen LogP contribution in [-0.4, -0.2) is 6.04 Å². The van der Waals surface area contributed by atoms with Gasteiger partial charge in [0.25, 0.3) is 0 Å². The first-order chi connectivity index (χ1) is 27.7. The van der Waals surface area contributed by atoms with Gasteiger partial charge < -0.3 is 10.6 Å². The van der Waals surface area contributed by atoms with Crippen molar-refractivity contribution in [1.29, 1.82) is 0 Å². The van der Waals surface area contributed by atoms with Crippen LogP contribution in [0.3, 0.4) is 0 Å². The molecular formula is C54H50N2. The Morgan fingerprint density at radius 1 is 0.500 bits per heavy atom. The highest BCUT2D eigenvalue weighted by Gasteiger charge is 2.27. The Morgan fingerprint density at radius 2 is 1.14 bits per heavy atom. The highest BCUT2D eigenvalue weighted by atomic mass is 14.9. The zero-order chi connectivity index (χ0) is 37.5. The minimum absolute atomic E-state index is 0.303. The van der Waals surface area contributed by atoms with Gasteiger partial charge in [0.2, 0.25) is 0 Å². The lowest BCUT2D eigenvalue weighted by molar-refractivity contribution is 0.493. The topological polar surface area (TPSA) is 24.1 Å². The molecule has 0 fully saturated rings. The maximum Gasteiger partial charge on any atom is 0.0464 e. The van der Waals surface area contributed by atoms with Crippen molar-refractivity contribution in [2.24, 2.45) is 11.8 Å². The largest absolute Gasteiger partial charge is 0.382 e. The smallest absolute Gasteiger partial charge is 0.0464 e. The highest BCUT2D eigenvalue weighted by molar-refractivity contribution is 5.87. The second-order valence-electron chi connectivity index (χ2n) is 15.5. The van der Waals surface area contributed by atoms with Crippen molar-refractivity contribution in [2.45, 2.75) is 51.0 Å². The van der Waals surface area contributed by atoms with Gasteiger partial charge in [-0.05, 0) is 131 Å². The number of anilines is 2. The minimum atomic E-state index is 0.303. The van der Waals surface area contributed by atoms with Crippen LogP contribution in [0, 0.1) is 11.8 Å². The van der Waals surface area contributed by atoms with Gasteiger partial charge in [0.15, 0.2) is 0 Å². The lowest BCUT2D eigenvalue weighted by atomic mass is 9.80. The van der Waals surface area contributed by atoms with Crippen LogP contribution < -0.4 is 10.6 Å². The van der Waals surface area contributed by atoms with E-state index in [2.05, 4.69) is 199 Å². The minimum Gasteiger partial charge on any atom is -0.382 e. The standard InChI is InChI=1S/C54H50N2/c1-6-16-39(17-7-1)42-26-30-49(31-27-42)55-53-32-28-45(37-51(53)43-22-12-4-13-23-43)46-29-33-54(52(38-46)44-24-14-5-15-25-44)56-50-35-47(40-18-8-2-9-19-40)34-48(36-50)41-20-10-3-11-21-41/h2-3,5-6,8-12,14-26,28-30,32-36,38,42,49,51,55-56H,1,4,7,13,27,31,37H2. The summed E-state index contributed by atoms with van der Waals surface area (Å²) in [5, 5.41) is 7.90. The molecule has 9 rings (SSSR count). The molecule has 0 amide bonds. The zero-order valence-electron chi connectivity index (χ0n) is 32.1. The summed E-state index contributed by atoms with van der Waals surface area (Å²) in [5.74, 6) is 0.850. The molecule has 5 aromatic rings. The first-order valence-corrected chi connectivity index (χ1v) is 20.6. The number of hydrogen-bond acceptors (Lipinski definition) is 2. The van der Waals surface area contributed by atoms with Crippen molar-refractivity contribution in [3.05, 3.63) is 211 Å². The molecule has 0 saturated heterocycles. The molecule has 5 aromatic carbocycles. The number of nitrogens with one attached hydrogen (secondary N) is 2. The first kappa shape index (κ1) is 35.6. The fraction of sp³-hybridized carbons (Fsp3) is 0.185. The van der Waals surface area contributed by atoms with Crippen LogP contribution in [0.15, 0.2) is 205 Å². The molecule has 2 N–H and O–H groups in total. The number of hydrogen-bond donors (Lipinski definition) is 2. The molecule has 0 heterocycles. The molecule has 0 bridgehead atoms. The van der Waals surface area contributed by atoms with Gasteiger partial charge in [0.05, 0.1) is 0 Å². The second kappa shape index (κ2) is 16.7. The monoisotopic (exact) mass is 726 g/mol. The van der Waals surface area contributed by atoms with Crippen LogP contribution in [0.2, 0.25) is 0 Å². The summed E-state index contributed by atoms with van der Waals surface area (Å²) in [5.41, 5.74) is 16.3. The Morgan fingerprint density at radius 3 is 1.75 bits per heavy atom. The number of rotatable bonds is 10. The van der Waals surface area contributed by atoms with Crippen LogP contribution in [-0.2, 0) is 0 Å². The van der Waals surface area contributed by atoms with E-state index >= 15 is 0 Å². The normalized spacial score (nSPS) is 20.4. The van der Waals surface area contributed by atoms with E-state index in [0.717, 1.165) is 37.1 Å². The Kier molecular flexibility index (Phi) is 10.6. The molecular weight excluding hydrogens is 677 g/mol. The van der Waals surface area contributed by atoms with Gasteiger partial charge in [-0.2, -0.15) is 0 Å². The van der Waals surface area contributed by atoms with Gasteiger partial charge in [-0.15, -0.1) is 0 Å². The van der Waals surface area contributed by atoms with E-state index in [1.807, 2.05) is 0 Å². The van der Waals surface area contributed by atoms with Gasteiger partial charge in [0, 0.05) is 40.5 Å².